The topological polar surface area (TPSA) is 24.5 Å². The Balaban J connectivity index is 2.06. The van der Waals surface area contributed by atoms with Gasteiger partial charge in [0, 0.05) is 20.2 Å². The molecule has 0 heterocycles. The van der Waals surface area contributed by atoms with Crippen LogP contribution in [0.4, 0.5) is 4.39 Å². The second kappa shape index (κ2) is 9.89. The van der Waals surface area contributed by atoms with Crippen LogP contribution < -0.4 is 5.32 Å². The van der Waals surface area contributed by atoms with E-state index >= 15 is 0 Å². The fourth-order valence-corrected chi connectivity index (χ4v) is 1.96. The number of benzene rings is 1. The smallest absolute Gasteiger partial charge is 0.123 e. The zero-order valence-corrected chi connectivity index (χ0v) is 12.0. The first-order chi connectivity index (χ1) is 9.22. The van der Waals surface area contributed by atoms with Crippen LogP contribution >= 0.6 is 0 Å². The Labute approximate surface area is 115 Å². The summed E-state index contributed by atoms with van der Waals surface area (Å²) < 4.78 is 18.0. The zero-order chi connectivity index (χ0) is 13.9. The van der Waals surface area contributed by atoms with E-state index in [2.05, 4.69) is 17.3 Å². The SMILES string of the molecule is COCCNCCCCN(C)Cc1cccc(F)c1. The molecule has 0 bridgehead atoms. The number of ether oxygens (including phenoxy) is 1. The molecule has 1 rings (SSSR count). The van der Waals surface area contributed by atoms with Crippen LogP contribution in [0.25, 0.3) is 0 Å². The van der Waals surface area contributed by atoms with Crippen LogP contribution in [0.2, 0.25) is 0 Å². The van der Waals surface area contributed by atoms with Gasteiger partial charge in [-0.3, -0.25) is 0 Å². The van der Waals surface area contributed by atoms with Crippen LogP contribution in [-0.4, -0.2) is 45.3 Å². The Morgan fingerprint density at radius 2 is 2.11 bits per heavy atom. The maximum absolute atomic E-state index is 13.0. The van der Waals surface area contributed by atoms with Crippen molar-refractivity contribution in [3.8, 4) is 0 Å². The molecule has 0 unspecified atom stereocenters. The molecular weight excluding hydrogens is 243 g/mol. The van der Waals surface area contributed by atoms with E-state index in [1.54, 1.807) is 19.2 Å². The lowest BCUT2D eigenvalue weighted by molar-refractivity contribution is 0.199. The first-order valence-electron chi connectivity index (χ1n) is 6.85. The molecular formula is C15H25FN2O. The molecule has 0 aliphatic carbocycles. The third-order valence-corrected chi connectivity index (χ3v) is 2.97. The van der Waals surface area contributed by atoms with Crippen molar-refractivity contribution in [1.82, 2.24) is 10.2 Å². The van der Waals surface area contributed by atoms with Gasteiger partial charge in [-0.15, -0.1) is 0 Å². The van der Waals surface area contributed by atoms with Gasteiger partial charge in [0.15, 0.2) is 0 Å². The average Bonchev–Trinajstić information content (AvgIpc) is 2.37. The molecule has 108 valence electrons. The molecule has 19 heavy (non-hydrogen) atoms. The monoisotopic (exact) mass is 268 g/mol. The van der Waals surface area contributed by atoms with Gasteiger partial charge < -0.3 is 15.0 Å². The lowest BCUT2D eigenvalue weighted by Crippen LogP contribution is -2.23. The third kappa shape index (κ3) is 7.93. The first kappa shape index (κ1) is 16.1. The van der Waals surface area contributed by atoms with Gasteiger partial charge in [0.2, 0.25) is 0 Å². The van der Waals surface area contributed by atoms with E-state index in [0.717, 1.165) is 51.2 Å². The van der Waals surface area contributed by atoms with Gasteiger partial charge in [-0.25, -0.2) is 4.39 Å². The van der Waals surface area contributed by atoms with Crippen LogP contribution in [0.3, 0.4) is 0 Å². The van der Waals surface area contributed by atoms with Crippen molar-refractivity contribution in [1.29, 1.82) is 0 Å². The maximum atomic E-state index is 13.0. The summed E-state index contributed by atoms with van der Waals surface area (Å²) >= 11 is 0. The fourth-order valence-electron chi connectivity index (χ4n) is 1.96. The van der Waals surface area contributed by atoms with E-state index in [4.69, 9.17) is 4.74 Å². The zero-order valence-electron chi connectivity index (χ0n) is 12.0. The predicted octanol–water partition coefficient (Wildman–Crippen LogP) is 2.27. The summed E-state index contributed by atoms with van der Waals surface area (Å²) in [7, 11) is 3.78. The van der Waals surface area contributed by atoms with Crippen molar-refractivity contribution in [2.75, 3.05) is 40.4 Å². The molecule has 0 radical (unpaired) electrons. The van der Waals surface area contributed by atoms with Gasteiger partial charge in [-0.2, -0.15) is 0 Å². The summed E-state index contributed by atoms with van der Waals surface area (Å²) in [5, 5.41) is 3.32. The van der Waals surface area contributed by atoms with Gasteiger partial charge in [-0.05, 0) is 50.7 Å². The second-order valence-corrected chi connectivity index (χ2v) is 4.82. The molecule has 0 saturated heterocycles. The minimum Gasteiger partial charge on any atom is -0.383 e. The quantitative estimate of drug-likeness (QED) is 0.659. The summed E-state index contributed by atoms with van der Waals surface area (Å²) in [4.78, 5) is 2.23. The summed E-state index contributed by atoms with van der Waals surface area (Å²) in [5.74, 6) is -0.159. The maximum Gasteiger partial charge on any atom is 0.123 e. The Kier molecular flexibility index (Phi) is 8.38. The van der Waals surface area contributed by atoms with Crippen LogP contribution in [0.5, 0.6) is 0 Å². The van der Waals surface area contributed by atoms with Crippen LogP contribution in [-0.2, 0) is 11.3 Å². The van der Waals surface area contributed by atoms with E-state index in [-0.39, 0.29) is 5.82 Å². The number of nitrogens with one attached hydrogen (secondary N) is 1. The average molecular weight is 268 g/mol. The number of hydrogen-bond acceptors (Lipinski definition) is 3. The molecule has 0 aliphatic heterocycles. The molecule has 0 atom stereocenters. The molecule has 0 aromatic heterocycles. The summed E-state index contributed by atoms with van der Waals surface area (Å²) in [6, 6.07) is 6.81. The van der Waals surface area contributed by atoms with Crippen molar-refractivity contribution in [3.05, 3.63) is 35.6 Å². The van der Waals surface area contributed by atoms with E-state index < -0.39 is 0 Å². The van der Waals surface area contributed by atoms with E-state index in [1.807, 2.05) is 6.07 Å². The highest BCUT2D eigenvalue weighted by Gasteiger charge is 2.01. The Bertz CT molecular complexity index is 347. The molecule has 0 fully saturated rings. The number of unbranched alkanes of at least 4 members (excludes halogenated alkanes) is 1. The van der Waals surface area contributed by atoms with Crippen molar-refractivity contribution >= 4 is 0 Å². The van der Waals surface area contributed by atoms with Crippen molar-refractivity contribution in [2.45, 2.75) is 19.4 Å². The Morgan fingerprint density at radius 1 is 1.26 bits per heavy atom. The van der Waals surface area contributed by atoms with Gasteiger partial charge in [0.25, 0.3) is 0 Å². The minimum absolute atomic E-state index is 0.159. The fraction of sp³-hybridized carbons (Fsp3) is 0.600. The number of halogens is 1. The second-order valence-electron chi connectivity index (χ2n) is 4.82. The highest BCUT2D eigenvalue weighted by molar-refractivity contribution is 5.15. The van der Waals surface area contributed by atoms with Gasteiger partial charge in [-0.1, -0.05) is 12.1 Å². The Morgan fingerprint density at radius 3 is 2.84 bits per heavy atom. The molecule has 0 amide bonds. The van der Waals surface area contributed by atoms with Gasteiger partial charge in [0.05, 0.1) is 6.61 Å². The first-order valence-corrected chi connectivity index (χ1v) is 6.85. The molecule has 0 spiro atoms. The molecule has 1 aromatic carbocycles. The highest BCUT2D eigenvalue weighted by atomic mass is 19.1. The standard InChI is InChI=1S/C15H25FN2O/c1-18(10-4-3-8-17-9-11-19-2)13-14-6-5-7-15(16)12-14/h5-7,12,17H,3-4,8-11,13H2,1-2H3. The number of methoxy groups -OCH3 is 1. The van der Waals surface area contributed by atoms with E-state index in [0.29, 0.717) is 0 Å². The summed E-state index contributed by atoms with van der Waals surface area (Å²) in [6.45, 7) is 4.53. The Hall–Kier alpha value is -0.970. The number of nitrogens with zero attached hydrogens (tertiary/aromatic N) is 1. The van der Waals surface area contributed by atoms with Gasteiger partial charge >= 0.3 is 0 Å². The normalized spacial score (nSPS) is 11.2. The largest absolute Gasteiger partial charge is 0.383 e. The molecule has 4 heteroatoms. The molecule has 0 aliphatic rings. The van der Waals surface area contributed by atoms with Crippen molar-refractivity contribution < 1.29 is 9.13 Å². The lowest BCUT2D eigenvalue weighted by Gasteiger charge is -2.16. The highest BCUT2D eigenvalue weighted by Crippen LogP contribution is 2.06. The number of rotatable bonds is 10. The van der Waals surface area contributed by atoms with Crippen LogP contribution in [0.15, 0.2) is 24.3 Å². The van der Waals surface area contributed by atoms with Crippen LogP contribution in [0.1, 0.15) is 18.4 Å². The summed E-state index contributed by atoms with van der Waals surface area (Å²) in [5.41, 5.74) is 1.03. The summed E-state index contributed by atoms with van der Waals surface area (Å²) in [6.07, 6.45) is 2.29. The van der Waals surface area contributed by atoms with Crippen molar-refractivity contribution in [3.63, 3.8) is 0 Å². The van der Waals surface area contributed by atoms with Gasteiger partial charge in [0.1, 0.15) is 5.82 Å². The molecule has 0 saturated carbocycles. The van der Waals surface area contributed by atoms with E-state index in [9.17, 15) is 4.39 Å². The lowest BCUT2D eigenvalue weighted by atomic mass is 10.2. The minimum atomic E-state index is -0.159. The predicted molar refractivity (Wildman–Crippen MR) is 76.7 cm³/mol. The molecule has 3 nitrogen and oxygen atoms in total. The van der Waals surface area contributed by atoms with Crippen molar-refractivity contribution in [2.24, 2.45) is 0 Å². The third-order valence-electron chi connectivity index (χ3n) is 2.97. The van der Waals surface area contributed by atoms with Crippen LogP contribution in [0, 0.1) is 5.82 Å². The molecule has 1 N–H and O–H groups in total. The molecule has 1 aromatic rings. The number of hydrogen-bond donors (Lipinski definition) is 1. The van der Waals surface area contributed by atoms with E-state index in [1.165, 1.54) is 6.07 Å².